The molecule has 1 aliphatic heterocycles. The van der Waals surface area contributed by atoms with Gasteiger partial charge in [-0.25, -0.2) is 4.39 Å². The van der Waals surface area contributed by atoms with Crippen molar-refractivity contribution in [3.8, 4) is 0 Å². The fourth-order valence-electron chi connectivity index (χ4n) is 3.12. The number of aromatic nitrogens is 1. The first-order valence-electron chi connectivity index (χ1n) is 8.49. The zero-order chi connectivity index (χ0) is 18.7. The summed E-state index contributed by atoms with van der Waals surface area (Å²) in [6, 6.07) is 8.12. The minimum absolute atomic E-state index is 0.0950. The van der Waals surface area contributed by atoms with E-state index >= 15 is 0 Å². The van der Waals surface area contributed by atoms with Crippen molar-refractivity contribution in [3.63, 3.8) is 0 Å². The molecule has 134 valence electrons. The van der Waals surface area contributed by atoms with Gasteiger partial charge < -0.3 is 10.0 Å². The van der Waals surface area contributed by atoms with Crippen molar-refractivity contribution in [1.29, 1.82) is 0 Å². The molecule has 6 heteroatoms. The molecule has 5 nitrogen and oxygen atoms in total. The van der Waals surface area contributed by atoms with E-state index < -0.39 is 23.5 Å². The van der Waals surface area contributed by atoms with Crippen molar-refractivity contribution in [2.24, 2.45) is 0 Å². The average molecular weight is 354 g/mol. The fraction of sp³-hybridized carbons (Fsp3) is 0.250. The monoisotopic (exact) mass is 354 g/mol. The number of hydrogen-bond acceptors (Lipinski definition) is 4. The summed E-state index contributed by atoms with van der Waals surface area (Å²) in [6.07, 6.45) is 4.44. The number of rotatable bonds is 5. The van der Waals surface area contributed by atoms with Crippen LogP contribution in [-0.4, -0.2) is 33.2 Å². The Labute approximate surface area is 150 Å². The molecule has 0 spiro atoms. The van der Waals surface area contributed by atoms with E-state index in [4.69, 9.17) is 0 Å². The molecule has 0 bridgehead atoms. The molecule has 1 fully saturated rings. The van der Waals surface area contributed by atoms with Crippen LogP contribution < -0.4 is 0 Å². The second kappa shape index (κ2) is 7.47. The lowest BCUT2D eigenvalue weighted by atomic mass is 9.95. The summed E-state index contributed by atoms with van der Waals surface area (Å²) >= 11 is 0. The van der Waals surface area contributed by atoms with E-state index in [9.17, 15) is 19.1 Å². The molecule has 1 aromatic heterocycles. The van der Waals surface area contributed by atoms with Gasteiger partial charge in [-0.05, 0) is 24.6 Å². The SMILES string of the molecule is CCCCN1C(=O)C(=O)/C(=C(\O)c2ccncc2)C1c1ccccc1F. The first-order valence-corrected chi connectivity index (χ1v) is 8.49. The van der Waals surface area contributed by atoms with E-state index in [1.54, 1.807) is 12.1 Å². The summed E-state index contributed by atoms with van der Waals surface area (Å²) in [5, 5.41) is 10.7. The fourth-order valence-corrected chi connectivity index (χ4v) is 3.12. The number of halogens is 1. The number of likely N-dealkylation sites (tertiary alicyclic amines) is 1. The van der Waals surface area contributed by atoms with Gasteiger partial charge in [-0.2, -0.15) is 0 Å². The number of aliphatic hydroxyl groups excluding tert-OH is 1. The van der Waals surface area contributed by atoms with E-state index in [2.05, 4.69) is 4.98 Å². The molecule has 1 N–H and O–H groups in total. The van der Waals surface area contributed by atoms with Crippen LogP contribution in [0.25, 0.3) is 5.76 Å². The first-order chi connectivity index (χ1) is 12.6. The number of benzene rings is 1. The maximum Gasteiger partial charge on any atom is 0.295 e. The molecule has 1 unspecified atom stereocenters. The van der Waals surface area contributed by atoms with E-state index in [1.165, 1.54) is 41.6 Å². The molecule has 1 atom stereocenters. The number of nitrogens with zero attached hydrogens (tertiary/aromatic N) is 2. The quantitative estimate of drug-likeness (QED) is 0.507. The van der Waals surface area contributed by atoms with Crippen molar-refractivity contribution in [2.45, 2.75) is 25.8 Å². The van der Waals surface area contributed by atoms with Crippen LogP contribution in [0.15, 0.2) is 54.4 Å². The molecule has 1 aromatic carbocycles. The van der Waals surface area contributed by atoms with Gasteiger partial charge in [0.2, 0.25) is 0 Å². The van der Waals surface area contributed by atoms with Gasteiger partial charge in [0.15, 0.2) is 0 Å². The van der Waals surface area contributed by atoms with Crippen molar-refractivity contribution >= 4 is 17.4 Å². The second-order valence-corrected chi connectivity index (χ2v) is 6.10. The minimum Gasteiger partial charge on any atom is -0.507 e. The Balaban J connectivity index is 2.19. The van der Waals surface area contributed by atoms with Gasteiger partial charge in [0.05, 0.1) is 11.6 Å². The maximum atomic E-state index is 14.5. The third-order valence-corrected chi connectivity index (χ3v) is 4.45. The van der Waals surface area contributed by atoms with Gasteiger partial charge >= 0.3 is 0 Å². The van der Waals surface area contributed by atoms with Crippen LogP contribution in [0.4, 0.5) is 4.39 Å². The Hall–Kier alpha value is -3.02. The number of pyridine rings is 1. The molecular weight excluding hydrogens is 335 g/mol. The Morgan fingerprint density at radius 2 is 1.88 bits per heavy atom. The Morgan fingerprint density at radius 3 is 2.54 bits per heavy atom. The Bertz CT molecular complexity index is 864. The van der Waals surface area contributed by atoms with Crippen LogP contribution in [0.5, 0.6) is 0 Å². The number of carbonyl (C=O) groups excluding carboxylic acids is 2. The largest absolute Gasteiger partial charge is 0.507 e. The third-order valence-electron chi connectivity index (χ3n) is 4.45. The van der Waals surface area contributed by atoms with Gasteiger partial charge in [-0.1, -0.05) is 31.5 Å². The van der Waals surface area contributed by atoms with Crippen LogP contribution in [0, 0.1) is 5.82 Å². The summed E-state index contributed by atoms with van der Waals surface area (Å²) < 4.78 is 14.5. The zero-order valence-corrected chi connectivity index (χ0v) is 14.4. The maximum absolute atomic E-state index is 14.5. The van der Waals surface area contributed by atoms with E-state index in [-0.39, 0.29) is 16.9 Å². The molecule has 0 saturated carbocycles. The molecule has 3 rings (SSSR count). The zero-order valence-electron chi connectivity index (χ0n) is 14.4. The first kappa shape index (κ1) is 17.8. The van der Waals surface area contributed by atoms with Gasteiger partial charge in [0, 0.05) is 30.1 Å². The predicted octanol–water partition coefficient (Wildman–Crippen LogP) is 3.44. The number of aliphatic hydroxyl groups is 1. The van der Waals surface area contributed by atoms with E-state index in [1.807, 2.05) is 6.92 Å². The summed E-state index contributed by atoms with van der Waals surface area (Å²) in [5.41, 5.74) is 0.454. The molecular formula is C20H19FN2O3. The molecule has 1 saturated heterocycles. The molecule has 2 heterocycles. The molecule has 2 aromatic rings. The van der Waals surface area contributed by atoms with Crippen LogP contribution >= 0.6 is 0 Å². The van der Waals surface area contributed by atoms with Gasteiger partial charge in [-0.3, -0.25) is 14.6 Å². The number of ketones is 1. The van der Waals surface area contributed by atoms with Crippen molar-refractivity contribution in [1.82, 2.24) is 9.88 Å². The van der Waals surface area contributed by atoms with E-state index in [0.29, 0.717) is 18.5 Å². The highest BCUT2D eigenvalue weighted by molar-refractivity contribution is 6.46. The lowest BCUT2D eigenvalue weighted by molar-refractivity contribution is -0.139. The third kappa shape index (κ3) is 3.10. The predicted molar refractivity (Wildman–Crippen MR) is 94.6 cm³/mol. The number of hydrogen-bond donors (Lipinski definition) is 1. The highest BCUT2D eigenvalue weighted by Gasteiger charge is 2.46. The summed E-state index contributed by atoms with van der Waals surface area (Å²) in [7, 11) is 0. The summed E-state index contributed by atoms with van der Waals surface area (Å²) in [5.74, 6) is -2.37. The lowest BCUT2D eigenvalue weighted by Crippen LogP contribution is -2.31. The second-order valence-electron chi connectivity index (χ2n) is 6.10. The molecule has 0 aliphatic carbocycles. The normalized spacial score (nSPS) is 19.2. The Morgan fingerprint density at radius 1 is 1.19 bits per heavy atom. The smallest absolute Gasteiger partial charge is 0.295 e. The highest BCUT2D eigenvalue weighted by Crippen LogP contribution is 2.40. The van der Waals surface area contributed by atoms with Gasteiger partial charge in [0.1, 0.15) is 11.6 Å². The topological polar surface area (TPSA) is 70.5 Å². The summed E-state index contributed by atoms with van der Waals surface area (Å²) in [6.45, 7) is 2.28. The Kier molecular flexibility index (Phi) is 5.11. The van der Waals surface area contributed by atoms with E-state index in [0.717, 1.165) is 6.42 Å². The highest BCUT2D eigenvalue weighted by atomic mass is 19.1. The molecule has 1 aliphatic rings. The summed E-state index contributed by atoms with van der Waals surface area (Å²) in [4.78, 5) is 30.4. The number of amides is 1. The van der Waals surface area contributed by atoms with Crippen molar-refractivity contribution < 1.29 is 19.1 Å². The lowest BCUT2D eigenvalue weighted by Gasteiger charge is -2.25. The van der Waals surface area contributed by atoms with Crippen LogP contribution in [-0.2, 0) is 9.59 Å². The average Bonchev–Trinajstić information content (AvgIpc) is 2.91. The molecule has 0 radical (unpaired) electrons. The van der Waals surface area contributed by atoms with Crippen LogP contribution in [0.2, 0.25) is 0 Å². The number of Topliss-reactive ketones (excluding diaryl/α,β-unsaturated/α-hetero) is 1. The standard InChI is InChI=1S/C20H19FN2O3/c1-2-3-12-23-17(14-6-4-5-7-15(14)21)16(19(25)20(23)26)18(24)13-8-10-22-11-9-13/h4-11,17,24H,2-3,12H2,1H3/b18-16-. The van der Waals surface area contributed by atoms with Crippen LogP contribution in [0.3, 0.4) is 0 Å². The van der Waals surface area contributed by atoms with Crippen molar-refractivity contribution in [2.75, 3.05) is 6.54 Å². The minimum atomic E-state index is -0.948. The number of unbranched alkanes of at least 4 members (excludes halogenated alkanes) is 1. The van der Waals surface area contributed by atoms with Crippen molar-refractivity contribution in [3.05, 3.63) is 71.3 Å². The van der Waals surface area contributed by atoms with Gasteiger partial charge in [0.25, 0.3) is 11.7 Å². The molecule has 26 heavy (non-hydrogen) atoms. The molecule has 1 amide bonds. The number of carbonyl (C=O) groups is 2. The van der Waals surface area contributed by atoms with Crippen LogP contribution in [0.1, 0.15) is 36.9 Å². The van der Waals surface area contributed by atoms with Gasteiger partial charge in [-0.15, -0.1) is 0 Å².